The second-order valence-corrected chi connectivity index (χ2v) is 8.13. The molecule has 0 bridgehead atoms. The molecule has 1 unspecified atom stereocenters. The molecular weight excluding hydrogens is 308 g/mol. The SMILES string of the molecule is O=C(c1cc2c(s1)CCCC2)N1CCN(CC2CCCO2)CC1. The summed E-state index contributed by atoms with van der Waals surface area (Å²) in [5, 5.41) is 0. The molecule has 2 aliphatic heterocycles. The number of piperazine rings is 1. The van der Waals surface area contributed by atoms with E-state index in [0.717, 1.165) is 50.6 Å². The van der Waals surface area contributed by atoms with Gasteiger partial charge in [0.2, 0.25) is 0 Å². The summed E-state index contributed by atoms with van der Waals surface area (Å²) in [6, 6.07) is 2.17. The number of fused-ring (bicyclic) bond motifs is 1. The van der Waals surface area contributed by atoms with Crippen LogP contribution >= 0.6 is 11.3 Å². The fourth-order valence-corrected chi connectivity index (χ4v) is 5.18. The minimum absolute atomic E-state index is 0.251. The van der Waals surface area contributed by atoms with Crippen LogP contribution in [0.25, 0.3) is 0 Å². The van der Waals surface area contributed by atoms with Crippen LogP contribution in [-0.4, -0.2) is 61.1 Å². The Morgan fingerprint density at radius 1 is 1.17 bits per heavy atom. The zero-order valence-electron chi connectivity index (χ0n) is 13.8. The molecule has 0 aromatic carbocycles. The quantitative estimate of drug-likeness (QED) is 0.852. The average Bonchev–Trinajstić information content (AvgIpc) is 3.24. The van der Waals surface area contributed by atoms with Gasteiger partial charge in [-0.25, -0.2) is 0 Å². The molecule has 126 valence electrons. The summed E-state index contributed by atoms with van der Waals surface area (Å²) >= 11 is 1.74. The number of aryl methyl sites for hydroxylation is 2. The minimum atomic E-state index is 0.251. The Kier molecular flexibility index (Phi) is 4.69. The third kappa shape index (κ3) is 3.47. The van der Waals surface area contributed by atoms with E-state index in [4.69, 9.17) is 4.74 Å². The van der Waals surface area contributed by atoms with Crippen LogP contribution in [0.2, 0.25) is 0 Å². The minimum Gasteiger partial charge on any atom is -0.377 e. The molecule has 0 radical (unpaired) electrons. The van der Waals surface area contributed by atoms with E-state index < -0.39 is 0 Å². The molecule has 0 N–H and O–H groups in total. The van der Waals surface area contributed by atoms with Crippen molar-refractivity contribution in [3.63, 3.8) is 0 Å². The second kappa shape index (κ2) is 6.91. The van der Waals surface area contributed by atoms with E-state index in [1.165, 1.54) is 42.5 Å². The first-order valence-electron chi connectivity index (χ1n) is 9.04. The maximum absolute atomic E-state index is 12.8. The first-order chi connectivity index (χ1) is 11.3. The van der Waals surface area contributed by atoms with Gasteiger partial charge < -0.3 is 9.64 Å². The van der Waals surface area contributed by atoms with Crippen LogP contribution in [0.15, 0.2) is 6.07 Å². The Morgan fingerprint density at radius 3 is 2.74 bits per heavy atom. The number of amides is 1. The molecule has 4 rings (SSSR count). The van der Waals surface area contributed by atoms with Crippen molar-refractivity contribution in [1.29, 1.82) is 0 Å². The molecule has 1 atom stereocenters. The van der Waals surface area contributed by atoms with Crippen molar-refractivity contribution in [2.75, 3.05) is 39.3 Å². The van der Waals surface area contributed by atoms with Crippen molar-refractivity contribution in [2.24, 2.45) is 0 Å². The van der Waals surface area contributed by atoms with Gasteiger partial charge in [-0.15, -0.1) is 11.3 Å². The van der Waals surface area contributed by atoms with Gasteiger partial charge in [0.05, 0.1) is 11.0 Å². The van der Waals surface area contributed by atoms with Crippen LogP contribution in [-0.2, 0) is 17.6 Å². The van der Waals surface area contributed by atoms with E-state index in [1.54, 1.807) is 11.3 Å². The molecule has 5 heteroatoms. The third-order valence-corrected chi connectivity index (χ3v) is 6.58. The summed E-state index contributed by atoms with van der Waals surface area (Å²) in [5.74, 6) is 0.251. The van der Waals surface area contributed by atoms with Crippen LogP contribution in [0, 0.1) is 0 Å². The number of carbonyl (C=O) groups excluding carboxylic acids is 1. The highest BCUT2D eigenvalue weighted by molar-refractivity contribution is 7.14. The van der Waals surface area contributed by atoms with Crippen LogP contribution in [0.4, 0.5) is 0 Å². The lowest BCUT2D eigenvalue weighted by atomic mass is 9.99. The zero-order chi connectivity index (χ0) is 15.6. The smallest absolute Gasteiger partial charge is 0.264 e. The summed E-state index contributed by atoms with van der Waals surface area (Å²) in [4.78, 5) is 19.7. The molecule has 1 amide bonds. The normalized spacial score (nSPS) is 25.6. The zero-order valence-corrected chi connectivity index (χ0v) is 14.6. The fraction of sp³-hybridized carbons (Fsp3) is 0.722. The Bertz CT molecular complexity index is 534. The van der Waals surface area contributed by atoms with Crippen molar-refractivity contribution >= 4 is 17.2 Å². The topological polar surface area (TPSA) is 32.8 Å². The summed E-state index contributed by atoms with van der Waals surface area (Å²) in [6.45, 7) is 5.64. The first-order valence-corrected chi connectivity index (χ1v) is 9.86. The first kappa shape index (κ1) is 15.6. The number of hydrogen-bond acceptors (Lipinski definition) is 4. The summed E-state index contributed by atoms with van der Waals surface area (Å²) < 4.78 is 5.73. The Morgan fingerprint density at radius 2 is 2.00 bits per heavy atom. The van der Waals surface area contributed by atoms with Crippen molar-refractivity contribution in [3.8, 4) is 0 Å². The van der Waals surface area contributed by atoms with Crippen LogP contribution in [0.3, 0.4) is 0 Å². The summed E-state index contributed by atoms with van der Waals surface area (Å²) in [5.41, 5.74) is 1.43. The van der Waals surface area contributed by atoms with Gasteiger partial charge in [-0.3, -0.25) is 9.69 Å². The molecule has 4 nitrogen and oxygen atoms in total. The highest BCUT2D eigenvalue weighted by Crippen LogP contribution is 2.30. The summed E-state index contributed by atoms with van der Waals surface area (Å²) in [7, 11) is 0. The molecule has 1 aromatic heterocycles. The summed E-state index contributed by atoms with van der Waals surface area (Å²) in [6.07, 6.45) is 7.70. The van der Waals surface area contributed by atoms with Gasteiger partial charge in [0.25, 0.3) is 5.91 Å². The Hall–Kier alpha value is -0.910. The molecule has 3 aliphatic rings. The van der Waals surface area contributed by atoms with Crippen molar-refractivity contribution < 1.29 is 9.53 Å². The Balaban J connectivity index is 1.32. The van der Waals surface area contributed by atoms with E-state index >= 15 is 0 Å². The maximum atomic E-state index is 12.8. The van der Waals surface area contributed by atoms with E-state index in [0.29, 0.717) is 6.10 Å². The number of hydrogen-bond donors (Lipinski definition) is 0. The number of ether oxygens (including phenoxy) is 1. The number of rotatable bonds is 3. The number of nitrogens with zero attached hydrogens (tertiary/aromatic N) is 2. The predicted molar refractivity (Wildman–Crippen MR) is 92.3 cm³/mol. The lowest BCUT2D eigenvalue weighted by Crippen LogP contribution is -2.50. The Labute approximate surface area is 142 Å². The highest BCUT2D eigenvalue weighted by atomic mass is 32.1. The molecule has 0 saturated carbocycles. The maximum Gasteiger partial charge on any atom is 0.264 e. The molecule has 1 aliphatic carbocycles. The van der Waals surface area contributed by atoms with E-state index in [9.17, 15) is 4.79 Å². The fourth-order valence-electron chi connectivity index (χ4n) is 3.96. The number of thiophene rings is 1. The largest absolute Gasteiger partial charge is 0.377 e. The van der Waals surface area contributed by atoms with Gasteiger partial charge in [-0.05, 0) is 50.2 Å². The van der Waals surface area contributed by atoms with Crippen LogP contribution in [0.5, 0.6) is 0 Å². The molecular formula is C18H26N2O2S. The van der Waals surface area contributed by atoms with Crippen LogP contribution < -0.4 is 0 Å². The van der Waals surface area contributed by atoms with Crippen molar-refractivity contribution in [1.82, 2.24) is 9.80 Å². The lowest BCUT2D eigenvalue weighted by molar-refractivity contribution is 0.0435. The molecule has 1 aromatic rings. The van der Waals surface area contributed by atoms with Crippen molar-refractivity contribution in [2.45, 2.75) is 44.6 Å². The molecule has 2 saturated heterocycles. The molecule has 3 heterocycles. The average molecular weight is 334 g/mol. The standard InChI is InChI=1S/C18H26N2O2S/c21-18(17-12-14-4-1-2-6-16(14)23-17)20-9-7-19(8-10-20)13-15-5-3-11-22-15/h12,15H,1-11,13H2. The van der Waals surface area contributed by atoms with Crippen LogP contribution in [0.1, 0.15) is 45.8 Å². The van der Waals surface area contributed by atoms with Gasteiger partial charge in [-0.2, -0.15) is 0 Å². The molecule has 23 heavy (non-hydrogen) atoms. The number of carbonyl (C=O) groups is 1. The van der Waals surface area contributed by atoms with E-state index in [1.807, 2.05) is 4.90 Å². The third-order valence-electron chi connectivity index (χ3n) is 5.35. The van der Waals surface area contributed by atoms with Gasteiger partial charge in [0.1, 0.15) is 0 Å². The van der Waals surface area contributed by atoms with E-state index in [-0.39, 0.29) is 5.91 Å². The monoisotopic (exact) mass is 334 g/mol. The van der Waals surface area contributed by atoms with Gasteiger partial charge in [0.15, 0.2) is 0 Å². The van der Waals surface area contributed by atoms with Gasteiger partial charge in [-0.1, -0.05) is 0 Å². The molecule has 0 spiro atoms. The van der Waals surface area contributed by atoms with Gasteiger partial charge in [0, 0.05) is 44.2 Å². The van der Waals surface area contributed by atoms with E-state index in [2.05, 4.69) is 11.0 Å². The second-order valence-electron chi connectivity index (χ2n) is 6.99. The lowest BCUT2D eigenvalue weighted by Gasteiger charge is -2.35. The van der Waals surface area contributed by atoms with Gasteiger partial charge >= 0.3 is 0 Å². The molecule has 2 fully saturated rings. The highest BCUT2D eigenvalue weighted by Gasteiger charge is 2.27. The van der Waals surface area contributed by atoms with Crippen molar-refractivity contribution in [3.05, 3.63) is 21.4 Å². The predicted octanol–water partition coefficient (Wildman–Crippen LogP) is 2.56.